The first-order valence-corrected chi connectivity index (χ1v) is 11.6. The molecule has 170 valence electrons. The minimum Gasteiger partial charge on any atom is -0.297 e. The van der Waals surface area contributed by atoms with Crippen LogP contribution in [0.25, 0.3) is 0 Å². The van der Waals surface area contributed by atoms with Gasteiger partial charge in [0, 0.05) is 23.7 Å². The van der Waals surface area contributed by atoms with Crippen LogP contribution in [-0.4, -0.2) is 36.3 Å². The molecule has 0 radical (unpaired) electrons. The number of benzene rings is 3. The van der Waals surface area contributed by atoms with Gasteiger partial charge in [-0.3, -0.25) is 9.89 Å². The Balaban J connectivity index is 1.56. The first-order chi connectivity index (χ1) is 16.0. The Morgan fingerprint density at radius 3 is 1.91 bits per heavy atom. The summed E-state index contributed by atoms with van der Waals surface area (Å²) < 4.78 is 40.6. The third-order valence-electron chi connectivity index (χ3n) is 7.14. The lowest BCUT2D eigenvalue weighted by atomic mass is 9.71. The van der Waals surface area contributed by atoms with Gasteiger partial charge < -0.3 is 0 Å². The molecule has 0 aliphatic carbocycles. The fraction of sp³-hybridized carbons (Fsp3) is 0.321. The zero-order valence-corrected chi connectivity index (χ0v) is 18.3. The van der Waals surface area contributed by atoms with E-state index < -0.39 is 11.7 Å². The van der Waals surface area contributed by atoms with E-state index in [0.29, 0.717) is 5.92 Å². The van der Waals surface area contributed by atoms with Gasteiger partial charge in [-0.1, -0.05) is 78.9 Å². The number of nitrogens with zero attached hydrogens (tertiary/aromatic N) is 2. The number of aliphatic imine (C=N–C) groups is 1. The second-order valence-electron chi connectivity index (χ2n) is 9.02. The van der Waals surface area contributed by atoms with Gasteiger partial charge in [-0.25, -0.2) is 0 Å². The summed E-state index contributed by atoms with van der Waals surface area (Å²) in [6, 6.07) is 26.6. The Bertz CT molecular complexity index is 1050. The van der Waals surface area contributed by atoms with Crippen LogP contribution in [0.3, 0.4) is 0 Å². The molecule has 3 aliphatic rings. The van der Waals surface area contributed by atoms with Gasteiger partial charge in [-0.2, -0.15) is 13.2 Å². The summed E-state index contributed by atoms with van der Waals surface area (Å²) in [5.74, 6) is 0.486. The lowest BCUT2D eigenvalue weighted by Crippen LogP contribution is -2.59. The molecule has 3 aliphatic heterocycles. The van der Waals surface area contributed by atoms with Gasteiger partial charge in [0.1, 0.15) is 0 Å². The van der Waals surface area contributed by atoms with Crippen molar-refractivity contribution in [3.05, 3.63) is 107 Å². The number of rotatable bonds is 5. The second kappa shape index (κ2) is 9.14. The van der Waals surface area contributed by atoms with Crippen LogP contribution in [0.2, 0.25) is 0 Å². The maximum absolute atomic E-state index is 13.5. The van der Waals surface area contributed by atoms with Crippen LogP contribution in [0.5, 0.6) is 0 Å². The number of alkyl halides is 3. The van der Waals surface area contributed by atoms with Crippen molar-refractivity contribution >= 4 is 6.21 Å². The molecule has 0 N–H and O–H groups in total. The molecule has 6 rings (SSSR count). The number of hydrogen-bond acceptors (Lipinski definition) is 2. The van der Waals surface area contributed by atoms with Gasteiger partial charge in [-0.15, -0.1) is 0 Å². The predicted octanol–water partition coefficient (Wildman–Crippen LogP) is 6.42. The van der Waals surface area contributed by atoms with Gasteiger partial charge in [-0.05, 0) is 49.0 Å². The highest BCUT2D eigenvalue weighted by Gasteiger charge is 2.46. The molecular weight excluding hydrogens is 421 g/mol. The van der Waals surface area contributed by atoms with Crippen molar-refractivity contribution < 1.29 is 13.2 Å². The summed E-state index contributed by atoms with van der Waals surface area (Å²) in [5.41, 5.74) is 1.94. The molecule has 2 bridgehead atoms. The molecule has 0 saturated carbocycles. The first kappa shape index (κ1) is 21.9. The smallest absolute Gasteiger partial charge is 0.297 e. The monoisotopic (exact) mass is 448 g/mol. The van der Waals surface area contributed by atoms with E-state index in [0.717, 1.165) is 32.0 Å². The third-order valence-corrected chi connectivity index (χ3v) is 7.14. The average molecular weight is 449 g/mol. The fourth-order valence-corrected chi connectivity index (χ4v) is 5.61. The molecular formula is C28H27F3N2. The number of halogens is 3. The Morgan fingerprint density at radius 2 is 1.33 bits per heavy atom. The molecule has 2 nitrogen and oxygen atoms in total. The predicted molar refractivity (Wildman–Crippen MR) is 126 cm³/mol. The van der Waals surface area contributed by atoms with Crippen LogP contribution in [-0.2, 0) is 6.18 Å². The summed E-state index contributed by atoms with van der Waals surface area (Å²) in [5, 5.41) is 0. The maximum atomic E-state index is 13.5. The largest absolute Gasteiger partial charge is 0.417 e. The molecule has 33 heavy (non-hydrogen) atoms. The van der Waals surface area contributed by atoms with Crippen LogP contribution in [0.15, 0.2) is 89.9 Å². The van der Waals surface area contributed by atoms with Crippen molar-refractivity contribution in [2.75, 3.05) is 13.1 Å². The van der Waals surface area contributed by atoms with E-state index in [1.165, 1.54) is 29.5 Å². The van der Waals surface area contributed by atoms with Crippen LogP contribution in [0.4, 0.5) is 13.2 Å². The van der Waals surface area contributed by atoms with Crippen molar-refractivity contribution in [3.8, 4) is 0 Å². The van der Waals surface area contributed by atoms with Crippen LogP contribution in [0.1, 0.15) is 41.0 Å². The Labute approximate surface area is 192 Å². The van der Waals surface area contributed by atoms with E-state index in [9.17, 15) is 13.2 Å². The molecule has 3 aromatic rings. The lowest BCUT2D eigenvalue weighted by molar-refractivity contribution is -0.137. The standard InChI is InChI=1S/C28H27F3N2/c29-28(30,31)24-14-8-7-13-23(24)19-32-26-22-15-17-33(18-16-22)27(26)25(20-9-3-1-4-10-20)21-11-5-2-6-12-21/h1-14,19,22,25-27H,15-18H2/b32-19-. The van der Waals surface area contributed by atoms with Gasteiger partial charge in [0.2, 0.25) is 0 Å². The topological polar surface area (TPSA) is 15.6 Å². The SMILES string of the molecule is FC(F)(F)c1ccccc1/C=N\C1C2CCN(CC2)C1C(c1ccccc1)c1ccccc1. The van der Waals surface area contributed by atoms with Crippen molar-refractivity contribution in [3.63, 3.8) is 0 Å². The Hall–Kier alpha value is -2.92. The third kappa shape index (κ3) is 4.47. The van der Waals surface area contributed by atoms with E-state index in [4.69, 9.17) is 4.99 Å². The average Bonchev–Trinajstić information content (AvgIpc) is 2.85. The van der Waals surface area contributed by atoms with Crippen molar-refractivity contribution in [2.45, 2.75) is 37.0 Å². The van der Waals surface area contributed by atoms with Crippen molar-refractivity contribution in [1.82, 2.24) is 4.90 Å². The maximum Gasteiger partial charge on any atom is 0.417 e. The summed E-state index contributed by atoms with van der Waals surface area (Å²) >= 11 is 0. The number of hydrogen-bond donors (Lipinski definition) is 0. The van der Waals surface area contributed by atoms with E-state index in [-0.39, 0.29) is 23.6 Å². The molecule has 2 atom stereocenters. The molecule has 3 fully saturated rings. The van der Waals surface area contributed by atoms with Gasteiger partial charge in [0.15, 0.2) is 0 Å². The normalized spacial score (nSPS) is 25.1. The van der Waals surface area contributed by atoms with E-state index in [1.54, 1.807) is 6.07 Å². The van der Waals surface area contributed by atoms with Gasteiger partial charge in [0.25, 0.3) is 0 Å². The Kier molecular flexibility index (Phi) is 6.07. The Morgan fingerprint density at radius 1 is 0.788 bits per heavy atom. The second-order valence-corrected chi connectivity index (χ2v) is 9.02. The molecule has 3 aromatic carbocycles. The van der Waals surface area contributed by atoms with Crippen molar-refractivity contribution in [2.24, 2.45) is 10.9 Å². The summed E-state index contributed by atoms with van der Waals surface area (Å²) in [7, 11) is 0. The van der Waals surface area contributed by atoms with Gasteiger partial charge in [0.05, 0.1) is 11.6 Å². The highest BCUT2D eigenvalue weighted by atomic mass is 19.4. The molecule has 3 saturated heterocycles. The highest BCUT2D eigenvalue weighted by molar-refractivity contribution is 5.82. The van der Waals surface area contributed by atoms with E-state index >= 15 is 0 Å². The van der Waals surface area contributed by atoms with E-state index in [2.05, 4.69) is 53.4 Å². The molecule has 0 aromatic heterocycles. The molecule has 2 unspecified atom stereocenters. The quantitative estimate of drug-likeness (QED) is 0.411. The fourth-order valence-electron chi connectivity index (χ4n) is 5.61. The summed E-state index contributed by atoms with van der Waals surface area (Å²) in [4.78, 5) is 7.40. The first-order valence-electron chi connectivity index (χ1n) is 11.6. The minimum atomic E-state index is -4.40. The van der Waals surface area contributed by atoms with Crippen molar-refractivity contribution in [1.29, 1.82) is 0 Å². The molecule has 0 spiro atoms. The summed E-state index contributed by atoms with van der Waals surface area (Å²) in [6.45, 7) is 2.02. The zero-order chi connectivity index (χ0) is 22.8. The molecule has 3 heterocycles. The lowest BCUT2D eigenvalue weighted by Gasteiger charge is -2.52. The highest BCUT2D eigenvalue weighted by Crippen LogP contribution is 2.43. The molecule has 5 heteroatoms. The number of fused-ring (bicyclic) bond motifs is 3. The van der Waals surface area contributed by atoms with Gasteiger partial charge >= 0.3 is 6.18 Å². The minimum absolute atomic E-state index is 0.0563. The van der Waals surface area contributed by atoms with Crippen LogP contribution in [0, 0.1) is 5.92 Å². The van der Waals surface area contributed by atoms with E-state index in [1.807, 2.05) is 12.1 Å². The molecule has 0 amide bonds. The van der Waals surface area contributed by atoms with Crippen LogP contribution >= 0.6 is 0 Å². The van der Waals surface area contributed by atoms with Crippen LogP contribution < -0.4 is 0 Å². The zero-order valence-electron chi connectivity index (χ0n) is 18.3. The summed E-state index contributed by atoms with van der Waals surface area (Å²) in [6.07, 6.45) is -0.853. The number of piperidine rings is 3.